The number of aryl methyl sites for hydroxylation is 1. The van der Waals surface area contributed by atoms with E-state index in [9.17, 15) is 9.59 Å². The molecule has 2 N–H and O–H groups in total. The van der Waals surface area contributed by atoms with E-state index in [1.165, 1.54) is 0 Å². The highest BCUT2D eigenvalue weighted by Gasteiger charge is 2.23. The summed E-state index contributed by atoms with van der Waals surface area (Å²) in [5.41, 5.74) is 2.55. The number of imidazole rings is 1. The number of nitrogens with one attached hydrogen (secondary N) is 2. The van der Waals surface area contributed by atoms with E-state index in [2.05, 4.69) is 15.6 Å². The highest BCUT2D eigenvalue weighted by atomic mass is 16.5. The number of aromatic nitrogens is 2. The lowest BCUT2D eigenvalue weighted by Crippen LogP contribution is -2.32. The van der Waals surface area contributed by atoms with Gasteiger partial charge in [-0.25, -0.2) is 4.98 Å². The number of carbonyl (C=O) groups is 2. The van der Waals surface area contributed by atoms with Gasteiger partial charge in [-0.05, 0) is 43.9 Å². The van der Waals surface area contributed by atoms with E-state index in [-0.39, 0.29) is 23.8 Å². The fourth-order valence-electron chi connectivity index (χ4n) is 3.66. The second-order valence-corrected chi connectivity index (χ2v) is 7.34. The third-order valence-electron chi connectivity index (χ3n) is 5.47. The van der Waals surface area contributed by atoms with Crippen LogP contribution in [0.4, 0.5) is 5.69 Å². The molecule has 0 bridgehead atoms. The Morgan fingerprint density at radius 2 is 2.11 bits per heavy atom. The topological polar surface area (TPSA) is 85.2 Å². The van der Waals surface area contributed by atoms with E-state index in [1.54, 1.807) is 0 Å². The highest BCUT2D eigenvalue weighted by molar-refractivity contribution is 5.96. The van der Waals surface area contributed by atoms with Crippen molar-refractivity contribution in [1.82, 2.24) is 14.9 Å². The minimum Gasteiger partial charge on any atom is -0.368 e. The molecule has 2 aromatic rings. The first kappa shape index (κ1) is 20.3. The van der Waals surface area contributed by atoms with Crippen LogP contribution in [-0.4, -0.2) is 40.6 Å². The minimum absolute atomic E-state index is 0.0791. The van der Waals surface area contributed by atoms with Crippen molar-refractivity contribution in [2.24, 2.45) is 13.0 Å². The molecule has 0 aliphatic carbocycles. The van der Waals surface area contributed by atoms with Crippen LogP contribution in [0.25, 0.3) is 11.0 Å². The van der Waals surface area contributed by atoms with E-state index in [0.29, 0.717) is 19.6 Å². The SMILES string of the molecule is CCC(CC)C(=O)NCCc1nc2cc(NC(=O)C3CCCO3)ccc2n1C. The van der Waals surface area contributed by atoms with Gasteiger partial charge in [0.2, 0.25) is 5.91 Å². The first-order valence-electron chi connectivity index (χ1n) is 10.2. The Morgan fingerprint density at radius 3 is 2.79 bits per heavy atom. The molecule has 1 atom stereocenters. The van der Waals surface area contributed by atoms with Crippen molar-refractivity contribution in [2.75, 3.05) is 18.5 Å². The maximum atomic E-state index is 12.2. The molecule has 152 valence electrons. The van der Waals surface area contributed by atoms with Gasteiger partial charge in [0.25, 0.3) is 5.91 Å². The van der Waals surface area contributed by atoms with Gasteiger partial charge < -0.3 is 19.9 Å². The predicted molar refractivity (Wildman–Crippen MR) is 109 cm³/mol. The molecule has 0 saturated carbocycles. The summed E-state index contributed by atoms with van der Waals surface area (Å²) in [5.74, 6) is 0.998. The Kier molecular flexibility index (Phi) is 6.67. The summed E-state index contributed by atoms with van der Waals surface area (Å²) in [6.07, 6.45) is 3.71. The molecule has 1 aromatic carbocycles. The Bertz CT molecular complexity index is 836. The van der Waals surface area contributed by atoms with Crippen LogP contribution >= 0.6 is 0 Å². The summed E-state index contributed by atoms with van der Waals surface area (Å²) in [4.78, 5) is 29.0. The van der Waals surface area contributed by atoms with Crippen LogP contribution < -0.4 is 10.6 Å². The molecule has 1 fully saturated rings. The van der Waals surface area contributed by atoms with Crippen molar-refractivity contribution in [1.29, 1.82) is 0 Å². The van der Waals surface area contributed by atoms with Gasteiger partial charge in [0.1, 0.15) is 11.9 Å². The first-order valence-corrected chi connectivity index (χ1v) is 10.2. The van der Waals surface area contributed by atoms with Crippen LogP contribution in [0.2, 0.25) is 0 Å². The number of ether oxygens (including phenoxy) is 1. The molecule has 1 saturated heterocycles. The van der Waals surface area contributed by atoms with Crippen LogP contribution in [0.5, 0.6) is 0 Å². The van der Waals surface area contributed by atoms with Gasteiger partial charge in [0.15, 0.2) is 0 Å². The lowest BCUT2D eigenvalue weighted by atomic mass is 10.0. The number of carbonyl (C=O) groups excluding carboxylic acids is 2. The van der Waals surface area contributed by atoms with E-state index in [4.69, 9.17) is 4.74 Å². The Labute approximate surface area is 165 Å². The van der Waals surface area contributed by atoms with E-state index < -0.39 is 0 Å². The summed E-state index contributed by atoms with van der Waals surface area (Å²) >= 11 is 0. The second-order valence-electron chi connectivity index (χ2n) is 7.34. The molecule has 28 heavy (non-hydrogen) atoms. The third kappa shape index (κ3) is 4.52. The van der Waals surface area contributed by atoms with Gasteiger partial charge in [-0.1, -0.05) is 13.8 Å². The Morgan fingerprint density at radius 1 is 1.32 bits per heavy atom. The minimum atomic E-state index is -0.353. The van der Waals surface area contributed by atoms with Crippen LogP contribution in [0.15, 0.2) is 18.2 Å². The van der Waals surface area contributed by atoms with Gasteiger partial charge in [0.05, 0.1) is 11.0 Å². The Hall–Kier alpha value is -2.41. The zero-order chi connectivity index (χ0) is 20.1. The second kappa shape index (κ2) is 9.19. The predicted octanol–water partition coefficient (Wildman–Crippen LogP) is 2.79. The molecular weight excluding hydrogens is 356 g/mol. The smallest absolute Gasteiger partial charge is 0.253 e. The van der Waals surface area contributed by atoms with Crippen molar-refractivity contribution in [3.63, 3.8) is 0 Å². The molecule has 1 aliphatic heterocycles. The average Bonchev–Trinajstić information content (AvgIpc) is 3.32. The summed E-state index contributed by atoms with van der Waals surface area (Å²) < 4.78 is 7.46. The third-order valence-corrected chi connectivity index (χ3v) is 5.47. The molecule has 3 rings (SSSR count). The molecule has 1 aromatic heterocycles. The number of benzene rings is 1. The molecule has 1 unspecified atom stereocenters. The number of amides is 2. The van der Waals surface area contributed by atoms with Gasteiger partial charge in [0, 0.05) is 38.2 Å². The molecule has 7 nitrogen and oxygen atoms in total. The quantitative estimate of drug-likeness (QED) is 0.731. The number of rotatable bonds is 8. The lowest BCUT2D eigenvalue weighted by molar-refractivity contribution is -0.125. The molecule has 2 heterocycles. The highest BCUT2D eigenvalue weighted by Crippen LogP contribution is 2.21. The van der Waals surface area contributed by atoms with Crippen LogP contribution in [0.1, 0.15) is 45.4 Å². The van der Waals surface area contributed by atoms with Gasteiger partial charge in [-0.15, -0.1) is 0 Å². The van der Waals surface area contributed by atoms with Crippen molar-refractivity contribution in [2.45, 2.75) is 52.1 Å². The van der Waals surface area contributed by atoms with Crippen LogP contribution in [0, 0.1) is 5.92 Å². The Balaban J connectivity index is 1.63. The monoisotopic (exact) mass is 386 g/mol. The zero-order valence-corrected chi connectivity index (χ0v) is 17.0. The largest absolute Gasteiger partial charge is 0.368 e. The van der Waals surface area contributed by atoms with Gasteiger partial charge >= 0.3 is 0 Å². The fourth-order valence-corrected chi connectivity index (χ4v) is 3.66. The summed E-state index contributed by atoms with van der Waals surface area (Å²) in [5, 5.41) is 5.93. The van der Waals surface area contributed by atoms with Crippen molar-refractivity contribution in [3.8, 4) is 0 Å². The van der Waals surface area contributed by atoms with Gasteiger partial charge in [-0.3, -0.25) is 9.59 Å². The molecule has 0 radical (unpaired) electrons. The number of nitrogens with zero attached hydrogens (tertiary/aromatic N) is 2. The summed E-state index contributed by atoms with van der Waals surface area (Å²) in [6.45, 7) is 5.28. The van der Waals surface area contributed by atoms with Crippen LogP contribution in [-0.2, 0) is 27.8 Å². The number of anilines is 1. The van der Waals surface area contributed by atoms with Crippen molar-refractivity contribution in [3.05, 3.63) is 24.0 Å². The maximum Gasteiger partial charge on any atom is 0.253 e. The molecule has 0 spiro atoms. The van der Waals surface area contributed by atoms with Crippen molar-refractivity contribution >= 4 is 28.5 Å². The molecule has 1 aliphatic rings. The number of fused-ring (bicyclic) bond motifs is 1. The molecule has 2 amide bonds. The van der Waals surface area contributed by atoms with Crippen molar-refractivity contribution < 1.29 is 14.3 Å². The maximum absolute atomic E-state index is 12.2. The molecule has 7 heteroatoms. The molecular formula is C21H30N4O3. The van der Waals surface area contributed by atoms with Crippen LogP contribution in [0.3, 0.4) is 0 Å². The average molecular weight is 386 g/mol. The summed E-state index contributed by atoms with van der Waals surface area (Å²) in [7, 11) is 1.97. The lowest BCUT2D eigenvalue weighted by Gasteiger charge is -2.12. The first-order chi connectivity index (χ1) is 13.5. The fraction of sp³-hybridized carbons (Fsp3) is 0.571. The number of hydrogen-bond donors (Lipinski definition) is 2. The summed E-state index contributed by atoms with van der Waals surface area (Å²) in [6, 6.07) is 5.73. The number of hydrogen-bond acceptors (Lipinski definition) is 4. The normalized spacial score (nSPS) is 16.6. The standard InChI is InChI=1S/C21H30N4O3/c1-4-14(5-2)20(26)22-11-10-19-24-16-13-15(8-9-17(16)25(19)3)23-21(27)18-7-6-12-28-18/h8-9,13-14,18H,4-7,10-12H2,1-3H3,(H,22,26)(H,23,27). The van der Waals surface area contributed by atoms with E-state index >= 15 is 0 Å². The van der Waals surface area contributed by atoms with E-state index in [0.717, 1.165) is 48.2 Å². The van der Waals surface area contributed by atoms with Gasteiger partial charge in [-0.2, -0.15) is 0 Å². The zero-order valence-electron chi connectivity index (χ0n) is 17.0. The van der Waals surface area contributed by atoms with E-state index in [1.807, 2.05) is 43.7 Å².